The number of benzene rings is 2. The highest BCUT2D eigenvalue weighted by Gasteiger charge is 2.15. The molecule has 0 saturated carbocycles. The van der Waals surface area contributed by atoms with Crippen LogP contribution in [-0.4, -0.2) is 30.3 Å². The maximum absolute atomic E-state index is 12.2. The Kier molecular flexibility index (Phi) is 5.38. The fourth-order valence-corrected chi connectivity index (χ4v) is 2.46. The van der Waals surface area contributed by atoms with Crippen molar-refractivity contribution in [3.63, 3.8) is 0 Å². The number of rotatable bonds is 6. The molecule has 0 N–H and O–H groups in total. The van der Waals surface area contributed by atoms with Crippen molar-refractivity contribution in [2.75, 3.05) is 14.2 Å². The van der Waals surface area contributed by atoms with Gasteiger partial charge in [-0.2, -0.15) is 4.98 Å². The number of hydrogen-bond donors (Lipinski definition) is 0. The van der Waals surface area contributed by atoms with E-state index < -0.39 is 5.97 Å². The van der Waals surface area contributed by atoms with E-state index in [9.17, 15) is 4.79 Å². The molecule has 134 valence electrons. The summed E-state index contributed by atoms with van der Waals surface area (Å²) in [5, 5.41) is 4.35. The van der Waals surface area contributed by atoms with Gasteiger partial charge in [-0.1, -0.05) is 28.9 Å². The van der Waals surface area contributed by atoms with Crippen LogP contribution in [0.25, 0.3) is 11.4 Å². The van der Waals surface area contributed by atoms with Crippen LogP contribution < -0.4 is 9.47 Å². The van der Waals surface area contributed by atoms with Gasteiger partial charge >= 0.3 is 5.97 Å². The highest BCUT2D eigenvalue weighted by molar-refractivity contribution is 6.33. The van der Waals surface area contributed by atoms with Crippen LogP contribution in [-0.2, 0) is 11.3 Å². The molecule has 0 aliphatic rings. The summed E-state index contributed by atoms with van der Waals surface area (Å²) in [6.45, 7) is -0.162. The van der Waals surface area contributed by atoms with E-state index in [0.717, 1.165) is 0 Å². The molecule has 0 aliphatic carbocycles. The number of nitrogens with zero attached hydrogens (tertiary/aromatic N) is 2. The van der Waals surface area contributed by atoms with Gasteiger partial charge in [-0.05, 0) is 30.3 Å². The third-order valence-corrected chi connectivity index (χ3v) is 3.86. The number of ether oxygens (including phenoxy) is 3. The van der Waals surface area contributed by atoms with E-state index in [4.69, 9.17) is 30.3 Å². The predicted octanol–water partition coefficient (Wildman–Crippen LogP) is 3.76. The molecule has 26 heavy (non-hydrogen) atoms. The first kappa shape index (κ1) is 17.8. The number of methoxy groups -OCH3 is 2. The van der Waals surface area contributed by atoms with Gasteiger partial charge in [-0.25, -0.2) is 4.79 Å². The van der Waals surface area contributed by atoms with Gasteiger partial charge in [-0.15, -0.1) is 0 Å². The number of carbonyl (C=O) groups is 1. The van der Waals surface area contributed by atoms with Gasteiger partial charge in [0.25, 0.3) is 5.89 Å². The van der Waals surface area contributed by atoms with E-state index >= 15 is 0 Å². The molecule has 0 radical (unpaired) electrons. The van der Waals surface area contributed by atoms with Crippen molar-refractivity contribution >= 4 is 17.6 Å². The van der Waals surface area contributed by atoms with Gasteiger partial charge in [0.05, 0.1) is 24.8 Å². The van der Waals surface area contributed by atoms with Gasteiger partial charge in [-0.3, -0.25) is 0 Å². The fourth-order valence-electron chi connectivity index (χ4n) is 2.24. The molecule has 0 atom stereocenters. The third-order valence-electron chi connectivity index (χ3n) is 3.53. The van der Waals surface area contributed by atoms with E-state index in [-0.39, 0.29) is 12.5 Å². The van der Waals surface area contributed by atoms with Crippen LogP contribution in [0.5, 0.6) is 11.5 Å². The summed E-state index contributed by atoms with van der Waals surface area (Å²) in [6.07, 6.45) is 0. The van der Waals surface area contributed by atoms with Crippen LogP contribution in [0, 0.1) is 0 Å². The Morgan fingerprint density at radius 3 is 2.62 bits per heavy atom. The van der Waals surface area contributed by atoms with Crippen molar-refractivity contribution in [3.05, 3.63) is 58.9 Å². The second kappa shape index (κ2) is 7.88. The molecule has 2 aromatic carbocycles. The highest BCUT2D eigenvalue weighted by atomic mass is 35.5. The Bertz CT molecular complexity index is 925. The minimum absolute atomic E-state index is 0.161. The van der Waals surface area contributed by atoms with Crippen molar-refractivity contribution in [2.24, 2.45) is 0 Å². The molecule has 0 saturated heterocycles. The Labute approximate surface area is 154 Å². The SMILES string of the molecule is COc1ccc(C(=O)OCc2nc(-c3ccccc3Cl)no2)cc1OC. The van der Waals surface area contributed by atoms with E-state index in [1.807, 2.05) is 6.07 Å². The van der Waals surface area contributed by atoms with Gasteiger partial charge in [0.2, 0.25) is 5.82 Å². The number of carbonyl (C=O) groups excluding carboxylic acids is 1. The number of esters is 1. The normalized spacial score (nSPS) is 10.4. The lowest BCUT2D eigenvalue weighted by molar-refractivity contribution is 0.0429. The Morgan fingerprint density at radius 2 is 1.88 bits per heavy atom. The van der Waals surface area contributed by atoms with Crippen LogP contribution in [0.2, 0.25) is 5.02 Å². The second-order valence-corrected chi connectivity index (χ2v) is 5.54. The van der Waals surface area contributed by atoms with Crippen molar-refractivity contribution in [2.45, 2.75) is 6.61 Å². The maximum Gasteiger partial charge on any atom is 0.338 e. The van der Waals surface area contributed by atoms with Crippen molar-refractivity contribution in [3.8, 4) is 22.9 Å². The first-order valence-electron chi connectivity index (χ1n) is 7.59. The van der Waals surface area contributed by atoms with Crippen molar-refractivity contribution in [1.82, 2.24) is 10.1 Å². The van der Waals surface area contributed by atoms with Gasteiger partial charge < -0.3 is 18.7 Å². The molecule has 0 bridgehead atoms. The van der Waals surface area contributed by atoms with E-state index in [0.29, 0.717) is 33.5 Å². The first-order chi connectivity index (χ1) is 12.6. The lowest BCUT2D eigenvalue weighted by Crippen LogP contribution is -2.06. The molecule has 3 aromatic rings. The first-order valence-corrected chi connectivity index (χ1v) is 7.97. The lowest BCUT2D eigenvalue weighted by Gasteiger charge is -2.08. The summed E-state index contributed by atoms with van der Waals surface area (Å²) in [4.78, 5) is 16.4. The molecule has 0 spiro atoms. The lowest BCUT2D eigenvalue weighted by atomic mass is 10.2. The van der Waals surface area contributed by atoms with Crippen LogP contribution in [0.3, 0.4) is 0 Å². The molecule has 0 fully saturated rings. The van der Waals surface area contributed by atoms with Crippen LogP contribution in [0.15, 0.2) is 47.0 Å². The van der Waals surface area contributed by atoms with Crippen LogP contribution in [0.4, 0.5) is 0 Å². The summed E-state index contributed by atoms with van der Waals surface area (Å²) in [5.41, 5.74) is 0.948. The Balaban J connectivity index is 1.68. The standard InChI is InChI=1S/C18H15ClN2O5/c1-23-14-8-7-11(9-15(14)24-2)18(22)25-10-16-20-17(21-26-16)12-5-3-4-6-13(12)19/h3-9H,10H2,1-2H3. The summed E-state index contributed by atoms with van der Waals surface area (Å²) in [5.74, 6) is 0.885. The molecule has 0 aliphatic heterocycles. The Hall–Kier alpha value is -3.06. The minimum Gasteiger partial charge on any atom is -0.493 e. The largest absolute Gasteiger partial charge is 0.493 e. The zero-order valence-corrected chi connectivity index (χ0v) is 14.8. The molecular formula is C18H15ClN2O5. The molecule has 1 heterocycles. The summed E-state index contributed by atoms with van der Waals surface area (Å²) in [6, 6.07) is 11.8. The van der Waals surface area contributed by atoms with E-state index in [2.05, 4.69) is 10.1 Å². The molecule has 3 rings (SSSR count). The zero-order valence-electron chi connectivity index (χ0n) is 14.1. The van der Waals surface area contributed by atoms with Gasteiger partial charge in [0, 0.05) is 5.56 Å². The fraction of sp³-hybridized carbons (Fsp3) is 0.167. The predicted molar refractivity (Wildman–Crippen MR) is 93.4 cm³/mol. The average molecular weight is 375 g/mol. The summed E-state index contributed by atoms with van der Waals surface area (Å²) in [7, 11) is 3.00. The van der Waals surface area contributed by atoms with Crippen molar-refractivity contribution in [1.29, 1.82) is 0 Å². The average Bonchev–Trinajstić information content (AvgIpc) is 3.14. The van der Waals surface area contributed by atoms with Gasteiger partial charge in [0.15, 0.2) is 18.1 Å². The Morgan fingerprint density at radius 1 is 1.12 bits per heavy atom. The van der Waals surface area contributed by atoms with Gasteiger partial charge in [0.1, 0.15) is 0 Å². The molecule has 7 nitrogen and oxygen atoms in total. The van der Waals surface area contributed by atoms with Crippen molar-refractivity contribution < 1.29 is 23.5 Å². The number of halogens is 1. The van der Waals surface area contributed by atoms with Crippen LogP contribution in [0.1, 0.15) is 16.2 Å². The smallest absolute Gasteiger partial charge is 0.338 e. The van der Waals surface area contributed by atoms with E-state index in [1.54, 1.807) is 30.3 Å². The topological polar surface area (TPSA) is 83.7 Å². The molecule has 0 unspecified atom stereocenters. The zero-order chi connectivity index (χ0) is 18.5. The quantitative estimate of drug-likeness (QED) is 0.607. The number of hydrogen-bond acceptors (Lipinski definition) is 7. The minimum atomic E-state index is -0.552. The molecule has 0 amide bonds. The summed E-state index contributed by atoms with van der Waals surface area (Å²) < 4.78 is 20.6. The summed E-state index contributed by atoms with van der Waals surface area (Å²) >= 11 is 6.10. The molecular weight excluding hydrogens is 360 g/mol. The third kappa shape index (κ3) is 3.78. The molecule has 8 heteroatoms. The maximum atomic E-state index is 12.2. The highest BCUT2D eigenvalue weighted by Crippen LogP contribution is 2.28. The molecule has 1 aromatic heterocycles. The monoisotopic (exact) mass is 374 g/mol. The van der Waals surface area contributed by atoms with Crippen LogP contribution >= 0.6 is 11.6 Å². The number of aromatic nitrogens is 2. The second-order valence-electron chi connectivity index (χ2n) is 5.14. The van der Waals surface area contributed by atoms with E-state index in [1.165, 1.54) is 20.3 Å².